The summed E-state index contributed by atoms with van der Waals surface area (Å²) >= 11 is 0. The number of aliphatic hydroxyl groups is 1. The van der Waals surface area contributed by atoms with Crippen molar-refractivity contribution in [3.8, 4) is 0 Å². The van der Waals surface area contributed by atoms with Gasteiger partial charge in [-0.3, -0.25) is 25.1 Å². The van der Waals surface area contributed by atoms with Crippen molar-refractivity contribution in [1.82, 2.24) is 15.2 Å². The minimum Gasteiger partial charge on any atom is -0.444 e. The molecule has 1 aromatic carbocycles. The normalized spacial score (nSPS) is 24.3. The second kappa shape index (κ2) is 9.63. The van der Waals surface area contributed by atoms with Crippen LogP contribution in [0.5, 0.6) is 0 Å². The smallest absolute Gasteiger partial charge is 0.413 e. The van der Waals surface area contributed by atoms with E-state index in [1.807, 2.05) is 18.2 Å². The maximum atomic E-state index is 12.3. The first-order chi connectivity index (χ1) is 16.9. The highest BCUT2D eigenvalue weighted by Gasteiger charge is 2.39. The summed E-state index contributed by atoms with van der Waals surface area (Å²) in [6.45, 7) is 3.63. The fourth-order valence-electron chi connectivity index (χ4n) is 5.10. The van der Waals surface area contributed by atoms with Crippen LogP contribution in [0.2, 0.25) is 0 Å². The minimum atomic E-state index is -0.969. The second-order valence-corrected chi connectivity index (χ2v) is 9.33. The lowest BCUT2D eigenvalue weighted by Gasteiger charge is -2.31. The van der Waals surface area contributed by atoms with Crippen LogP contribution in [0.3, 0.4) is 0 Å². The van der Waals surface area contributed by atoms with Gasteiger partial charge in [0.05, 0.1) is 17.9 Å². The van der Waals surface area contributed by atoms with Crippen molar-refractivity contribution in [3.05, 3.63) is 53.2 Å². The van der Waals surface area contributed by atoms with Crippen LogP contribution in [0, 0.1) is 0 Å². The van der Waals surface area contributed by atoms with E-state index in [9.17, 15) is 19.5 Å². The quantitative estimate of drug-likeness (QED) is 0.559. The third kappa shape index (κ3) is 4.85. The van der Waals surface area contributed by atoms with Crippen LogP contribution in [0.15, 0.2) is 36.5 Å². The van der Waals surface area contributed by atoms with Crippen molar-refractivity contribution in [1.29, 1.82) is 0 Å². The van der Waals surface area contributed by atoms with E-state index in [1.54, 1.807) is 23.2 Å². The van der Waals surface area contributed by atoms with Crippen molar-refractivity contribution in [2.24, 2.45) is 0 Å². The number of fused-ring (bicyclic) bond motifs is 1. The molecular formula is C25H29N5O5. The number of benzene rings is 1. The molecule has 2 fully saturated rings. The first kappa shape index (κ1) is 23.3. The average molecular weight is 480 g/mol. The second-order valence-electron chi connectivity index (χ2n) is 9.33. The van der Waals surface area contributed by atoms with E-state index in [2.05, 4.69) is 27.4 Å². The molecule has 0 saturated carbocycles. The highest BCUT2D eigenvalue weighted by Crippen LogP contribution is 2.35. The summed E-state index contributed by atoms with van der Waals surface area (Å²) < 4.78 is 5.35. The predicted molar refractivity (Wildman–Crippen MR) is 127 cm³/mol. The van der Waals surface area contributed by atoms with Crippen LogP contribution in [-0.4, -0.2) is 51.5 Å². The Hall–Kier alpha value is -3.50. The number of pyridine rings is 1. The molecule has 10 nitrogen and oxygen atoms in total. The number of aromatic nitrogens is 1. The van der Waals surface area contributed by atoms with Crippen LogP contribution in [-0.2, 0) is 27.5 Å². The van der Waals surface area contributed by atoms with E-state index in [0.29, 0.717) is 30.4 Å². The molecule has 10 heteroatoms. The number of carbonyl (C=O) groups excluding carboxylic acids is 3. The van der Waals surface area contributed by atoms with Crippen LogP contribution < -0.4 is 15.5 Å². The summed E-state index contributed by atoms with van der Waals surface area (Å²) in [5.41, 5.74) is 3.32. The number of amides is 3. The molecule has 0 bridgehead atoms. The van der Waals surface area contributed by atoms with Crippen LogP contribution in [0.4, 0.5) is 16.3 Å². The highest BCUT2D eigenvalue weighted by molar-refractivity contribution is 6.00. The first-order valence-corrected chi connectivity index (χ1v) is 11.9. The maximum Gasteiger partial charge on any atom is 0.413 e. The molecule has 0 spiro atoms. The molecule has 3 amide bonds. The zero-order valence-corrected chi connectivity index (χ0v) is 19.6. The number of carbonyl (C=O) groups is 3. The van der Waals surface area contributed by atoms with Crippen molar-refractivity contribution in [3.63, 3.8) is 0 Å². The van der Waals surface area contributed by atoms with Crippen LogP contribution in [0.1, 0.15) is 55.5 Å². The van der Waals surface area contributed by atoms with Gasteiger partial charge in [-0.25, -0.2) is 9.78 Å². The number of hydrogen-bond acceptors (Lipinski definition) is 8. The molecule has 3 N–H and O–H groups in total. The van der Waals surface area contributed by atoms with E-state index in [0.717, 1.165) is 23.4 Å². The number of imide groups is 1. The number of ether oxygens (including phenoxy) is 1. The van der Waals surface area contributed by atoms with Gasteiger partial charge >= 0.3 is 6.09 Å². The zero-order valence-electron chi connectivity index (χ0n) is 19.6. The fraction of sp³-hybridized carbons (Fsp3) is 0.440. The lowest BCUT2D eigenvalue weighted by Crippen LogP contribution is -2.51. The molecule has 2 saturated heterocycles. The van der Waals surface area contributed by atoms with Crippen molar-refractivity contribution < 1.29 is 24.2 Å². The number of nitrogens with one attached hydrogen (secondary N) is 2. The Morgan fingerprint density at radius 1 is 1.26 bits per heavy atom. The largest absolute Gasteiger partial charge is 0.444 e. The third-order valence-electron chi connectivity index (χ3n) is 7.00. The summed E-state index contributed by atoms with van der Waals surface area (Å²) in [7, 11) is 0. The van der Waals surface area contributed by atoms with Gasteiger partial charge in [0.25, 0.3) is 0 Å². The van der Waals surface area contributed by atoms with Gasteiger partial charge in [0.15, 0.2) is 0 Å². The Labute approximate surface area is 203 Å². The Bertz CT molecular complexity index is 1140. The number of nitrogens with zero attached hydrogens (tertiary/aromatic N) is 3. The number of aliphatic hydroxyl groups excluding tert-OH is 1. The fourth-order valence-corrected chi connectivity index (χ4v) is 5.10. The van der Waals surface area contributed by atoms with Crippen molar-refractivity contribution >= 4 is 29.4 Å². The Balaban J connectivity index is 1.16. The van der Waals surface area contributed by atoms with E-state index in [-0.39, 0.29) is 24.8 Å². The molecule has 3 aliphatic heterocycles. The molecule has 4 heterocycles. The van der Waals surface area contributed by atoms with Gasteiger partial charge in [0, 0.05) is 31.1 Å². The third-order valence-corrected chi connectivity index (χ3v) is 7.00. The van der Waals surface area contributed by atoms with E-state index in [4.69, 9.17) is 4.74 Å². The summed E-state index contributed by atoms with van der Waals surface area (Å²) in [5.74, 6) is -0.262. The molecule has 2 aromatic rings. The molecule has 0 aliphatic carbocycles. The monoisotopic (exact) mass is 479 g/mol. The van der Waals surface area contributed by atoms with E-state index in [1.165, 1.54) is 12.8 Å². The zero-order chi connectivity index (χ0) is 24.5. The molecule has 2 unspecified atom stereocenters. The summed E-state index contributed by atoms with van der Waals surface area (Å²) in [4.78, 5) is 44.3. The molecule has 184 valence electrons. The standard InChI is InChI=1S/C25H29N5O5/c1-15-3-2-10-29(15)18-6-8-21(26-12-18)27-25(34)35-14-16-4-5-17-13-30(24(33)19(17)11-16)20-7-9-22(31)28-23(20)32/h4-6,8,11-12,15,20,24,33H,2-3,7,9-10,13-14H2,1H3,(H,26,27,34)(H,28,31,32)/t15-,20?,24?/m1/s1. The molecule has 0 radical (unpaired) electrons. The minimum absolute atomic E-state index is 0.0215. The number of anilines is 2. The topological polar surface area (TPSA) is 124 Å². The number of hydrogen-bond donors (Lipinski definition) is 3. The summed E-state index contributed by atoms with van der Waals surface area (Å²) in [6, 6.07) is 9.11. The van der Waals surface area contributed by atoms with Crippen LogP contribution in [0.25, 0.3) is 0 Å². The Morgan fingerprint density at radius 2 is 2.11 bits per heavy atom. The Kier molecular flexibility index (Phi) is 6.40. The van der Waals surface area contributed by atoms with Gasteiger partial charge in [-0.1, -0.05) is 12.1 Å². The Morgan fingerprint density at radius 3 is 2.83 bits per heavy atom. The molecular weight excluding hydrogens is 450 g/mol. The number of piperidine rings is 1. The molecule has 3 atom stereocenters. The summed E-state index contributed by atoms with van der Waals surface area (Å²) in [6.07, 6.45) is 3.13. The van der Waals surface area contributed by atoms with Crippen LogP contribution >= 0.6 is 0 Å². The maximum absolute atomic E-state index is 12.3. The molecule has 5 rings (SSSR count). The van der Waals surface area contributed by atoms with E-state index < -0.39 is 18.4 Å². The van der Waals surface area contributed by atoms with Gasteiger partial charge in [0.2, 0.25) is 11.8 Å². The SMILES string of the molecule is C[C@@H]1CCCN1c1ccc(NC(=O)OCc2ccc3c(c2)C(O)N(C2CCC(=O)NC2=O)C3)nc1. The van der Waals surface area contributed by atoms with Crippen molar-refractivity contribution in [2.45, 2.75) is 64.1 Å². The van der Waals surface area contributed by atoms with E-state index >= 15 is 0 Å². The van der Waals surface area contributed by atoms with Gasteiger partial charge in [-0.2, -0.15) is 0 Å². The molecule has 35 heavy (non-hydrogen) atoms. The van der Waals surface area contributed by atoms with Gasteiger partial charge in [-0.05, 0) is 55.5 Å². The number of rotatable bonds is 5. The van der Waals surface area contributed by atoms with Crippen molar-refractivity contribution in [2.75, 3.05) is 16.8 Å². The van der Waals surface area contributed by atoms with Gasteiger partial charge in [-0.15, -0.1) is 0 Å². The van der Waals surface area contributed by atoms with Gasteiger partial charge in [0.1, 0.15) is 18.7 Å². The van der Waals surface area contributed by atoms with Gasteiger partial charge < -0.3 is 14.7 Å². The predicted octanol–water partition coefficient (Wildman–Crippen LogP) is 2.43. The lowest BCUT2D eigenvalue weighted by molar-refractivity contribution is -0.141. The average Bonchev–Trinajstić information content (AvgIpc) is 3.41. The first-order valence-electron chi connectivity index (χ1n) is 11.9. The molecule has 1 aromatic heterocycles. The summed E-state index contributed by atoms with van der Waals surface area (Å²) in [5, 5.41) is 15.8. The highest BCUT2D eigenvalue weighted by atomic mass is 16.5. The molecule has 3 aliphatic rings. The lowest BCUT2D eigenvalue weighted by atomic mass is 10.0.